The summed E-state index contributed by atoms with van der Waals surface area (Å²) < 4.78 is 51.5. The lowest BCUT2D eigenvalue weighted by molar-refractivity contribution is -0.140. The van der Waals surface area contributed by atoms with E-state index in [1.807, 2.05) is 0 Å². The lowest BCUT2D eigenvalue weighted by atomic mass is 10.1. The topological polar surface area (TPSA) is 15.3 Å². The number of hydrogen-bond donors (Lipinski definition) is 1. The van der Waals surface area contributed by atoms with Crippen LogP contribution in [0.15, 0.2) is 18.2 Å². The first-order valence-corrected chi connectivity index (χ1v) is 7.26. The average Bonchev–Trinajstić information content (AvgIpc) is 2.73. The number of fused-ring (bicyclic) bond motifs is 2. The van der Waals surface area contributed by atoms with Gasteiger partial charge in [0.05, 0.1) is 5.56 Å². The van der Waals surface area contributed by atoms with Crippen molar-refractivity contribution in [2.45, 2.75) is 44.1 Å². The third-order valence-electron chi connectivity index (χ3n) is 4.35. The van der Waals surface area contributed by atoms with Crippen molar-refractivity contribution in [3.8, 4) is 0 Å². The molecule has 1 N–H and O–H groups in total. The predicted molar refractivity (Wildman–Crippen MR) is 71.2 cm³/mol. The molecule has 0 spiro atoms. The molecule has 2 aliphatic rings. The summed E-state index contributed by atoms with van der Waals surface area (Å²) >= 11 is 0. The molecule has 1 aromatic carbocycles. The van der Waals surface area contributed by atoms with Gasteiger partial charge in [-0.15, -0.1) is 0 Å². The molecule has 2 bridgehead atoms. The van der Waals surface area contributed by atoms with Crippen LogP contribution in [0.1, 0.15) is 30.4 Å². The van der Waals surface area contributed by atoms with Gasteiger partial charge in [-0.25, -0.2) is 4.39 Å². The molecule has 0 amide bonds. The van der Waals surface area contributed by atoms with E-state index in [0.717, 1.165) is 38.1 Å². The van der Waals surface area contributed by atoms with Gasteiger partial charge in [0.25, 0.3) is 0 Å². The molecular formula is C15H18F4N2. The third-order valence-corrected chi connectivity index (χ3v) is 4.35. The molecule has 1 aromatic rings. The van der Waals surface area contributed by atoms with Crippen LogP contribution < -0.4 is 5.32 Å². The molecule has 2 saturated heterocycles. The van der Waals surface area contributed by atoms with Crippen molar-refractivity contribution in [3.63, 3.8) is 0 Å². The Morgan fingerprint density at radius 3 is 2.67 bits per heavy atom. The molecule has 0 aromatic heterocycles. The predicted octanol–water partition coefficient (Wildman–Crippen LogP) is 3.17. The number of rotatable bonds is 2. The van der Waals surface area contributed by atoms with Gasteiger partial charge in [-0.2, -0.15) is 13.2 Å². The Morgan fingerprint density at radius 1 is 1.14 bits per heavy atom. The Kier molecular flexibility index (Phi) is 3.92. The summed E-state index contributed by atoms with van der Waals surface area (Å²) in [5.41, 5.74) is -0.657. The first-order chi connectivity index (χ1) is 9.91. The number of nitrogens with zero attached hydrogens (tertiary/aromatic N) is 1. The lowest BCUT2D eigenvalue weighted by Gasteiger charge is -2.24. The standard InChI is InChI=1S/C15H18F4N2/c16-14-4-1-10(7-13(14)15(17,18)19)8-21-6-5-11-2-3-12(9-21)20-11/h1,4,7,11-12,20H,2-3,5-6,8-9H2. The van der Waals surface area contributed by atoms with E-state index in [1.54, 1.807) is 0 Å². The minimum Gasteiger partial charge on any atom is -0.310 e. The fraction of sp³-hybridized carbons (Fsp3) is 0.600. The van der Waals surface area contributed by atoms with Crippen LogP contribution in [0.4, 0.5) is 17.6 Å². The van der Waals surface area contributed by atoms with Crippen LogP contribution in [-0.2, 0) is 12.7 Å². The molecule has 116 valence electrons. The van der Waals surface area contributed by atoms with Gasteiger partial charge in [0.2, 0.25) is 0 Å². The van der Waals surface area contributed by atoms with Gasteiger partial charge in [0.15, 0.2) is 0 Å². The van der Waals surface area contributed by atoms with E-state index in [9.17, 15) is 17.6 Å². The number of hydrogen-bond acceptors (Lipinski definition) is 2. The summed E-state index contributed by atoms with van der Waals surface area (Å²) in [5.74, 6) is -1.21. The summed E-state index contributed by atoms with van der Waals surface area (Å²) in [6.07, 6.45) is -1.31. The number of likely N-dealkylation sites (tertiary alicyclic amines) is 1. The van der Waals surface area contributed by atoms with Gasteiger partial charge in [-0.3, -0.25) is 4.90 Å². The summed E-state index contributed by atoms with van der Waals surface area (Å²) in [6, 6.07) is 4.27. The smallest absolute Gasteiger partial charge is 0.310 e. The van der Waals surface area contributed by atoms with Crippen LogP contribution in [0.3, 0.4) is 0 Å². The van der Waals surface area contributed by atoms with Crippen molar-refractivity contribution < 1.29 is 17.6 Å². The quantitative estimate of drug-likeness (QED) is 0.844. The van der Waals surface area contributed by atoms with E-state index in [1.165, 1.54) is 12.5 Å². The van der Waals surface area contributed by atoms with E-state index in [2.05, 4.69) is 10.2 Å². The first kappa shape index (κ1) is 14.8. The monoisotopic (exact) mass is 302 g/mol. The first-order valence-electron chi connectivity index (χ1n) is 7.26. The minimum absolute atomic E-state index is 0.431. The zero-order valence-corrected chi connectivity index (χ0v) is 11.6. The Balaban J connectivity index is 1.73. The SMILES string of the molecule is Fc1ccc(CN2CCC3CCC(C2)N3)cc1C(F)(F)F. The van der Waals surface area contributed by atoms with Gasteiger partial charge in [-0.05, 0) is 37.0 Å². The average molecular weight is 302 g/mol. The summed E-state index contributed by atoms with van der Waals surface area (Å²) in [5, 5.41) is 3.53. The second-order valence-electron chi connectivity index (χ2n) is 5.97. The Morgan fingerprint density at radius 2 is 1.90 bits per heavy atom. The van der Waals surface area contributed by atoms with Gasteiger partial charge < -0.3 is 5.32 Å². The van der Waals surface area contributed by atoms with E-state index >= 15 is 0 Å². The molecular weight excluding hydrogens is 284 g/mol. The molecule has 0 radical (unpaired) electrons. The van der Waals surface area contributed by atoms with Crippen LogP contribution in [0.25, 0.3) is 0 Å². The molecule has 21 heavy (non-hydrogen) atoms. The maximum Gasteiger partial charge on any atom is 0.419 e. The van der Waals surface area contributed by atoms with Crippen molar-refractivity contribution >= 4 is 0 Å². The van der Waals surface area contributed by atoms with Gasteiger partial charge in [0, 0.05) is 31.7 Å². The van der Waals surface area contributed by atoms with Crippen molar-refractivity contribution in [1.29, 1.82) is 0 Å². The van der Waals surface area contributed by atoms with E-state index in [-0.39, 0.29) is 0 Å². The summed E-state index contributed by atoms with van der Waals surface area (Å²) in [4.78, 5) is 2.16. The third kappa shape index (κ3) is 3.37. The fourth-order valence-corrected chi connectivity index (χ4v) is 3.31. The van der Waals surface area contributed by atoms with E-state index in [0.29, 0.717) is 24.2 Å². The highest BCUT2D eigenvalue weighted by Crippen LogP contribution is 2.32. The molecule has 2 atom stereocenters. The van der Waals surface area contributed by atoms with Crippen LogP contribution >= 0.6 is 0 Å². The number of halogens is 4. The van der Waals surface area contributed by atoms with Crippen LogP contribution in [0.2, 0.25) is 0 Å². The minimum atomic E-state index is -4.64. The number of nitrogens with one attached hydrogen (secondary N) is 1. The molecule has 3 rings (SSSR count). The molecule has 2 unspecified atom stereocenters. The van der Waals surface area contributed by atoms with Crippen molar-refractivity contribution in [3.05, 3.63) is 35.1 Å². The zero-order chi connectivity index (χ0) is 15.0. The van der Waals surface area contributed by atoms with Crippen LogP contribution in [0.5, 0.6) is 0 Å². The maximum absolute atomic E-state index is 13.3. The Bertz CT molecular complexity index is 515. The summed E-state index contributed by atoms with van der Waals surface area (Å²) in [6.45, 7) is 2.15. The van der Waals surface area contributed by atoms with Crippen LogP contribution in [0, 0.1) is 5.82 Å². The maximum atomic E-state index is 13.3. The second-order valence-corrected chi connectivity index (χ2v) is 5.97. The van der Waals surface area contributed by atoms with E-state index in [4.69, 9.17) is 0 Å². The normalized spacial score (nSPS) is 26.9. The van der Waals surface area contributed by atoms with Crippen molar-refractivity contribution in [1.82, 2.24) is 10.2 Å². The Hall–Kier alpha value is -1.14. The molecule has 6 heteroatoms. The molecule has 2 heterocycles. The molecule has 0 aliphatic carbocycles. The van der Waals surface area contributed by atoms with Crippen molar-refractivity contribution in [2.24, 2.45) is 0 Å². The molecule has 2 aliphatic heterocycles. The lowest BCUT2D eigenvalue weighted by Crippen LogP contribution is -2.35. The van der Waals surface area contributed by atoms with Gasteiger partial charge >= 0.3 is 6.18 Å². The second kappa shape index (κ2) is 5.57. The highest BCUT2D eigenvalue weighted by atomic mass is 19.4. The Labute approximate surface area is 121 Å². The van der Waals surface area contributed by atoms with Gasteiger partial charge in [0.1, 0.15) is 5.82 Å². The highest BCUT2D eigenvalue weighted by molar-refractivity contribution is 5.27. The molecule has 0 saturated carbocycles. The molecule has 2 nitrogen and oxygen atoms in total. The number of alkyl halides is 3. The van der Waals surface area contributed by atoms with Gasteiger partial charge in [-0.1, -0.05) is 6.07 Å². The summed E-state index contributed by atoms with van der Waals surface area (Å²) in [7, 11) is 0. The fourth-order valence-electron chi connectivity index (χ4n) is 3.31. The molecule has 2 fully saturated rings. The van der Waals surface area contributed by atoms with E-state index < -0.39 is 17.6 Å². The highest BCUT2D eigenvalue weighted by Gasteiger charge is 2.34. The number of benzene rings is 1. The zero-order valence-electron chi connectivity index (χ0n) is 11.6. The van der Waals surface area contributed by atoms with Crippen molar-refractivity contribution in [2.75, 3.05) is 13.1 Å². The largest absolute Gasteiger partial charge is 0.419 e. The van der Waals surface area contributed by atoms with Crippen LogP contribution in [-0.4, -0.2) is 30.1 Å².